The van der Waals surface area contributed by atoms with Crippen LogP contribution in [0.5, 0.6) is 11.5 Å². The lowest BCUT2D eigenvalue weighted by molar-refractivity contribution is -0.122. The Balaban J connectivity index is 2.25. The van der Waals surface area contributed by atoms with Gasteiger partial charge >= 0.3 is 11.9 Å². The zero-order valence-corrected chi connectivity index (χ0v) is 16.7. The van der Waals surface area contributed by atoms with Gasteiger partial charge in [-0.3, -0.25) is 4.79 Å². The molecule has 0 saturated carbocycles. The highest BCUT2D eigenvalue weighted by Gasteiger charge is 2.22. The van der Waals surface area contributed by atoms with Crippen LogP contribution < -0.4 is 14.8 Å². The summed E-state index contributed by atoms with van der Waals surface area (Å²) in [6.07, 6.45) is -0.446. The molecule has 0 aliphatic carbocycles. The van der Waals surface area contributed by atoms with Crippen molar-refractivity contribution in [3.8, 4) is 11.5 Å². The molecule has 8 heteroatoms. The normalized spacial score (nSPS) is 11.2. The van der Waals surface area contributed by atoms with Crippen molar-refractivity contribution in [2.75, 3.05) is 26.6 Å². The largest absolute Gasteiger partial charge is 0.497 e. The number of carbonyl (C=O) groups is 3. The summed E-state index contributed by atoms with van der Waals surface area (Å²) in [5.41, 5.74) is 0.411. The first-order valence-corrected chi connectivity index (χ1v) is 8.85. The van der Waals surface area contributed by atoms with E-state index in [4.69, 9.17) is 14.2 Å². The van der Waals surface area contributed by atoms with Crippen molar-refractivity contribution >= 4 is 23.5 Å². The van der Waals surface area contributed by atoms with Gasteiger partial charge in [0, 0.05) is 0 Å². The maximum absolute atomic E-state index is 12.8. The van der Waals surface area contributed by atoms with Crippen molar-refractivity contribution in [1.29, 1.82) is 0 Å². The van der Waals surface area contributed by atoms with Crippen LogP contribution in [0.3, 0.4) is 0 Å². The fraction of sp³-hybridized carbons (Fsp3) is 0.286. The number of esters is 2. The third-order valence-electron chi connectivity index (χ3n) is 4.10. The molecule has 0 unspecified atom stereocenters. The highest BCUT2D eigenvalue weighted by molar-refractivity contribution is 6.04. The Labute approximate surface area is 168 Å². The van der Waals surface area contributed by atoms with E-state index in [0.717, 1.165) is 0 Å². The van der Waals surface area contributed by atoms with Gasteiger partial charge in [-0.15, -0.1) is 0 Å². The molecular formula is C21H23NO7. The summed E-state index contributed by atoms with van der Waals surface area (Å²) in [7, 11) is 4.02. The van der Waals surface area contributed by atoms with E-state index in [2.05, 4.69) is 10.1 Å². The second-order valence-electron chi connectivity index (χ2n) is 5.92. The van der Waals surface area contributed by atoms with Gasteiger partial charge in [-0.05, 0) is 48.9 Å². The highest BCUT2D eigenvalue weighted by atomic mass is 16.5. The Morgan fingerprint density at radius 1 is 0.897 bits per heavy atom. The van der Waals surface area contributed by atoms with Crippen molar-refractivity contribution in [3.63, 3.8) is 0 Å². The molecule has 2 rings (SSSR count). The molecule has 1 atom stereocenters. The molecule has 29 heavy (non-hydrogen) atoms. The molecule has 8 nitrogen and oxygen atoms in total. The molecule has 0 heterocycles. The van der Waals surface area contributed by atoms with Gasteiger partial charge in [-0.1, -0.05) is 6.92 Å². The van der Waals surface area contributed by atoms with Crippen LogP contribution in [0.25, 0.3) is 0 Å². The molecule has 0 aliphatic rings. The molecule has 0 spiro atoms. The van der Waals surface area contributed by atoms with Crippen molar-refractivity contribution < 1.29 is 33.3 Å². The minimum Gasteiger partial charge on any atom is -0.497 e. The number of anilines is 1. The molecule has 1 N–H and O–H groups in total. The van der Waals surface area contributed by atoms with Crippen molar-refractivity contribution in [2.24, 2.45) is 0 Å². The number of ether oxygens (including phenoxy) is 4. The topological polar surface area (TPSA) is 100 Å². The maximum atomic E-state index is 12.8. The third-order valence-corrected chi connectivity index (χ3v) is 4.10. The number of carbonyl (C=O) groups excluding carboxylic acids is 3. The van der Waals surface area contributed by atoms with Crippen LogP contribution in [0.2, 0.25) is 0 Å². The Morgan fingerprint density at radius 2 is 1.52 bits per heavy atom. The summed E-state index contributed by atoms with van der Waals surface area (Å²) < 4.78 is 20.3. The molecule has 2 aromatic rings. The maximum Gasteiger partial charge on any atom is 0.339 e. The second kappa shape index (κ2) is 10.1. The molecule has 0 fully saturated rings. The second-order valence-corrected chi connectivity index (χ2v) is 5.92. The predicted molar refractivity (Wildman–Crippen MR) is 105 cm³/mol. The first-order valence-electron chi connectivity index (χ1n) is 8.85. The lowest BCUT2D eigenvalue weighted by Gasteiger charge is -2.19. The fourth-order valence-corrected chi connectivity index (χ4v) is 2.53. The Hall–Kier alpha value is -3.55. The van der Waals surface area contributed by atoms with Gasteiger partial charge in [0.15, 0.2) is 6.10 Å². The lowest BCUT2D eigenvalue weighted by atomic mass is 10.1. The van der Waals surface area contributed by atoms with Crippen molar-refractivity contribution in [3.05, 3.63) is 53.6 Å². The molecular weight excluding hydrogens is 378 g/mol. The average Bonchev–Trinajstić information content (AvgIpc) is 2.76. The fourth-order valence-electron chi connectivity index (χ4n) is 2.53. The molecule has 0 radical (unpaired) electrons. The van der Waals surface area contributed by atoms with Gasteiger partial charge in [0.1, 0.15) is 11.5 Å². The highest BCUT2D eigenvalue weighted by Crippen LogP contribution is 2.22. The van der Waals surface area contributed by atoms with Crippen molar-refractivity contribution in [2.45, 2.75) is 19.4 Å². The Morgan fingerprint density at radius 3 is 2.07 bits per heavy atom. The van der Waals surface area contributed by atoms with Crippen LogP contribution in [-0.4, -0.2) is 45.3 Å². The summed E-state index contributed by atoms with van der Waals surface area (Å²) in [4.78, 5) is 36.6. The zero-order valence-electron chi connectivity index (χ0n) is 16.7. The van der Waals surface area contributed by atoms with Gasteiger partial charge in [0.2, 0.25) is 0 Å². The first kappa shape index (κ1) is 21.7. The number of hydrogen-bond donors (Lipinski definition) is 1. The SMILES string of the molecule is CC[C@H](Oc1ccc(OC)cc1)C(=O)Nc1cc(C(=O)OC)ccc1C(=O)OC. The molecule has 2 aromatic carbocycles. The number of nitrogens with one attached hydrogen (secondary N) is 1. The quantitative estimate of drug-likeness (QED) is 0.679. The minimum atomic E-state index is -0.823. The molecule has 0 aliphatic heterocycles. The first-order chi connectivity index (χ1) is 13.9. The minimum absolute atomic E-state index is 0.104. The van der Waals surface area contributed by atoms with E-state index >= 15 is 0 Å². The van der Waals surface area contributed by atoms with Gasteiger partial charge in [0.05, 0.1) is 38.1 Å². The van der Waals surface area contributed by atoms with Crippen LogP contribution in [-0.2, 0) is 14.3 Å². The van der Waals surface area contributed by atoms with Gasteiger partial charge in [-0.2, -0.15) is 0 Å². The predicted octanol–water partition coefficient (Wildman–Crippen LogP) is 3.06. The molecule has 0 aromatic heterocycles. The van der Waals surface area contributed by atoms with Gasteiger partial charge < -0.3 is 24.3 Å². The monoisotopic (exact) mass is 401 g/mol. The summed E-state index contributed by atoms with van der Waals surface area (Å²) in [5, 5.41) is 2.64. The van der Waals surface area contributed by atoms with E-state index in [-0.39, 0.29) is 16.8 Å². The average molecular weight is 401 g/mol. The summed E-state index contributed by atoms with van der Waals surface area (Å²) in [5.74, 6) is -0.573. The Bertz CT molecular complexity index is 877. The molecule has 1 amide bonds. The number of benzene rings is 2. The van der Waals surface area contributed by atoms with Crippen molar-refractivity contribution in [1.82, 2.24) is 0 Å². The number of hydrogen-bond acceptors (Lipinski definition) is 7. The van der Waals surface area contributed by atoms with Crippen LogP contribution >= 0.6 is 0 Å². The number of rotatable bonds is 8. The van der Waals surface area contributed by atoms with Gasteiger partial charge in [0.25, 0.3) is 5.91 Å². The van der Waals surface area contributed by atoms with E-state index in [0.29, 0.717) is 17.9 Å². The lowest BCUT2D eigenvalue weighted by Crippen LogP contribution is -2.33. The standard InChI is InChI=1S/C21H23NO7/c1-5-18(29-15-9-7-14(26-2)8-10-15)19(23)22-17-12-13(20(24)27-3)6-11-16(17)21(25)28-4/h6-12,18H,5H2,1-4H3,(H,22,23)/t18-/m0/s1. The van der Waals surface area contributed by atoms with E-state index < -0.39 is 23.9 Å². The zero-order chi connectivity index (χ0) is 21.4. The van der Waals surface area contributed by atoms with E-state index in [9.17, 15) is 14.4 Å². The van der Waals surface area contributed by atoms with Crippen LogP contribution in [0, 0.1) is 0 Å². The van der Waals surface area contributed by atoms with Crippen LogP contribution in [0.15, 0.2) is 42.5 Å². The summed E-state index contributed by atoms with van der Waals surface area (Å²) in [6, 6.07) is 11.0. The van der Waals surface area contributed by atoms with E-state index in [1.54, 1.807) is 38.3 Å². The summed E-state index contributed by atoms with van der Waals surface area (Å²) in [6.45, 7) is 1.79. The smallest absolute Gasteiger partial charge is 0.339 e. The molecule has 0 bridgehead atoms. The number of methoxy groups -OCH3 is 3. The van der Waals surface area contributed by atoms with Crippen LogP contribution in [0.4, 0.5) is 5.69 Å². The van der Waals surface area contributed by atoms with Gasteiger partial charge in [-0.25, -0.2) is 9.59 Å². The van der Waals surface area contributed by atoms with Crippen LogP contribution in [0.1, 0.15) is 34.1 Å². The van der Waals surface area contributed by atoms with E-state index in [1.165, 1.54) is 32.4 Å². The number of amides is 1. The third kappa shape index (κ3) is 5.47. The Kier molecular flexibility index (Phi) is 7.59. The van der Waals surface area contributed by atoms with E-state index in [1.807, 2.05) is 0 Å². The summed E-state index contributed by atoms with van der Waals surface area (Å²) >= 11 is 0. The molecule has 0 saturated heterocycles. The molecule has 154 valence electrons.